The Kier molecular flexibility index (Phi) is 7.23. The van der Waals surface area contributed by atoms with E-state index in [0.717, 1.165) is 15.7 Å². The molecule has 2 aromatic carbocycles. The minimum atomic E-state index is -0.566. The van der Waals surface area contributed by atoms with E-state index in [1.54, 1.807) is 30.8 Å². The van der Waals surface area contributed by atoms with Gasteiger partial charge in [0.15, 0.2) is 17.0 Å². The second kappa shape index (κ2) is 10.5. The number of aryl methyl sites for hydroxylation is 2. The Labute approximate surface area is 207 Å². The molecule has 0 aliphatic carbocycles. The predicted octanol–water partition coefficient (Wildman–Crippen LogP) is 2.07. The number of amides is 1. The average Bonchev–Trinajstić information content (AvgIpc) is 3.24. The molecular weight excluding hydrogens is 462 g/mol. The summed E-state index contributed by atoms with van der Waals surface area (Å²) in [6.45, 7) is 4.04. The van der Waals surface area contributed by atoms with E-state index in [9.17, 15) is 14.4 Å². The Balaban J connectivity index is 1.72. The van der Waals surface area contributed by atoms with Crippen LogP contribution in [0.2, 0.25) is 0 Å². The molecule has 1 amide bonds. The van der Waals surface area contributed by atoms with E-state index < -0.39 is 17.2 Å². The molecular formula is C26H29N5O5. The van der Waals surface area contributed by atoms with Gasteiger partial charge < -0.3 is 14.8 Å². The number of carbonyl (C=O) groups excluding carboxylic acids is 1. The zero-order valence-corrected chi connectivity index (χ0v) is 20.8. The highest BCUT2D eigenvalue weighted by molar-refractivity contribution is 5.81. The number of hydrogen-bond acceptors (Lipinski definition) is 6. The highest BCUT2D eigenvalue weighted by atomic mass is 16.5. The van der Waals surface area contributed by atoms with Crippen molar-refractivity contribution in [3.05, 3.63) is 86.2 Å². The molecule has 10 nitrogen and oxygen atoms in total. The van der Waals surface area contributed by atoms with Crippen molar-refractivity contribution in [1.82, 2.24) is 24.2 Å². The third-order valence-corrected chi connectivity index (χ3v) is 6.02. The van der Waals surface area contributed by atoms with Gasteiger partial charge in [-0.05, 0) is 25.5 Å². The van der Waals surface area contributed by atoms with Crippen LogP contribution in [-0.2, 0) is 31.0 Å². The molecule has 10 heteroatoms. The van der Waals surface area contributed by atoms with Gasteiger partial charge in [-0.15, -0.1) is 0 Å². The van der Waals surface area contributed by atoms with Crippen LogP contribution in [0.4, 0.5) is 0 Å². The fourth-order valence-electron chi connectivity index (χ4n) is 4.33. The fourth-order valence-corrected chi connectivity index (χ4v) is 4.33. The van der Waals surface area contributed by atoms with E-state index in [-0.39, 0.29) is 19.6 Å². The monoisotopic (exact) mass is 491 g/mol. The number of nitrogens with one attached hydrogen (secondary N) is 1. The molecule has 0 spiro atoms. The number of hydrogen-bond donors (Lipinski definition) is 1. The van der Waals surface area contributed by atoms with Crippen LogP contribution < -0.4 is 26.0 Å². The van der Waals surface area contributed by atoms with Gasteiger partial charge in [0.25, 0.3) is 5.56 Å². The minimum absolute atomic E-state index is 0.0883. The van der Waals surface area contributed by atoms with Crippen LogP contribution in [0, 0.1) is 6.92 Å². The van der Waals surface area contributed by atoms with Gasteiger partial charge in [0.1, 0.15) is 12.1 Å². The maximum absolute atomic E-state index is 13.5. The first-order valence-corrected chi connectivity index (χ1v) is 11.6. The van der Waals surface area contributed by atoms with Gasteiger partial charge in [-0.3, -0.25) is 23.4 Å². The summed E-state index contributed by atoms with van der Waals surface area (Å²) in [7, 11) is 3.07. The molecule has 36 heavy (non-hydrogen) atoms. The number of rotatable bonds is 9. The lowest BCUT2D eigenvalue weighted by Crippen LogP contribution is -2.43. The Hall–Kier alpha value is -4.34. The molecule has 1 N–H and O–H groups in total. The van der Waals surface area contributed by atoms with Crippen molar-refractivity contribution in [1.29, 1.82) is 0 Å². The average molecular weight is 492 g/mol. The highest BCUT2D eigenvalue weighted by Crippen LogP contribution is 2.30. The Morgan fingerprint density at radius 2 is 1.72 bits per heavy atom. The van der Waals surface area contributed by atoms with Gasteiger partial charge in [-0.2, -0.15) is 5.10 Å². The van der Waals surface area contributed by atoms with Crippen molar-refractivity contribution in [3.63, 3.8) is 0 Å². The summed E-state index contributed by atoms with van der Waals surface area (Å²) in [5.41, 5.74) is 1.71. The summed E-state index contributed by atoms with van der Waals surface area (Å²) in [6.07, 6.45) is 0. The van der Waals surface area contributed by atoms with Crippen molar-refractivity contribution in [3.8, 4) is 11.5 Å². The number of benzene rings is 2. The van der Waals surface area contributed by atoms with Gasteiger partial charge in [-0.1, -0.05) is 42.5 Å². The standard InChI is InChI=1S/C26H29N5O5/c1-5-31-23-22(17(2)28-31)29(26(34)30(25(23)33)15-18-10-7-6-8-11-18)16-21(32)27-14-19-12-9-13-20(35-3)24(19)36-4/h6-13H,5,14-16H2,1-4H3,(H,27,32). The molecule has 0 bridgehead atoms. The van der Waals surface area contributed by atoms with E-state index in [2.05, 4.69) is 10.4 Å². The molecule has 0 unspecified atom stereocenters. The van der Waals surface area contributed by atoms with Crippen LogP contribution in [0.25, 0.3) is 11.0 Å². The Morgan fingerprint density at radius 3 is 2.39 bits per heavy atom. The quantitative estimate of drug-likeness (QED) is 0.384. The van der Waals surface area contributed by atoms with E-state index >= 15 is 0 Å². The van der Waals surface area contributed by atoms with Crippen LogP contribution in [0.1, 0.15) is 23.7 Å². The van der Waals surface area contributed by atoms with Gasteiger partial charge in [0.05, 0.1) is 26.5 Å². The Bertz CT molecular complexity index is 1520. The summed E-state index contributed by atoms with van der Waals surface area (Å²) in [5, 5.41) is 7.28. The number of carbonyl (C=O) groups is 1. The van der Waals surface area contributed by atoms with E-state index in [1.165, 1.54) is 11.7 Å². The second-order valence-electron chi connectivity index (χ2n) is 8.27. The van der Waals surface area contributed by atoms with Crippen LogP contribution in [0.5, 0.6) is 11.5 Å². The first-order valence-electron chi connectivity index (χ1n) is 11.6. The largest absolute Gasteiger partial charge is 0.493 e. The molecule has 4 aromatic rings. The summed E-state index contributed by atoms with van der Waals surface area (Å²) in [6, 6.07) is 14.6. The van der Waals surface area contributed by atoms with Crippen molar-refractivity contribution < 1.29 is 14.3 Å². The van der Waals surface area contributed by atoms with Gasteiger partial charge in [0, 0.05) is 18.7 Å². The first-order chi connectivity index (χ1) is 17.4. The molecule has 0 atom stereocenters. The molecule has 2 aromatic heterocycles. The third-order valence-electron chi connectivity index (χ3n) is 6.02. The summed E-state index contributed by atoms with van der Waals surface area (Å²) < 4.78 is 14.8. The summed E-state index contributed by atoms with van der Waals surface area (Å²) >= 11 is 0. The van der Waals surface area contributed by atoms with Crippen LogP contribution >= 0.6 is 0 Å². The SMILES string of the molecule is CCn1nc(C)c2c1c(=O)n(Cc1ccccc1)c(=O)n2CC(=O)NCc1cccc(OC)c1OC. The van der Waals surface area contributed by atoms with Crippen molar-refractivity contribution >= 4 is 16.9 Å². The molecule has 0 fully saturated rings. The van der Waals surface area contributed by atoms with E-state index in [0.29, 0.717) is 34.8 Å². The third kappa shape index (κ3) is 4.61. The number of ether oxygens (including phenoxy) is 2. The number of methoxy groups -OCH3 is 2. The molecule has 2 heterocycles. The van der Waals surface area contributed by atoms with Gasteiger partial charge >= 0.3 is 5.69 Å². The maximum Gasteiger partial charge on any atom is 0.332 e. The lowest BCUT2D eigenvalue weighted by atomic mass is 10.2. The first kappa shape index (κ1) is 24.8. The molecule has 0 saturated heterocycles. The summed E-state index contributed by atoms with van der Waals surface area (Å²) in [4.78, 5) is 39.9. The smallest absolute Gasteiger partial charge is 0.332 e. The normalized spacial score (nSPS) is 11.0. The number of para-hydroxylation sites is 1. The van der Waals surface area contributed by atoms with Crippen LogP contribution in [0.3, 0.4) is 0 Å². The van der Waals surface area contributed by atoms with Gasteiger partial charge in [-0.25, -0.2) is 4.79 Å². The lowest BCUT2D eigenvalue weighted by molar-refractivity contribution is -0.121. The zero-order chi connectivity index (χ0) is 25.8. The van der Waals surface area contributed by atoms with Crippen molar-refractivity contribution in [2.75, 3.05) is 14.2 Å². The van der Waals surface area contributed by atoms with Crippen LogP contribution in [-0.4, -0.2) is 39.0 Å². The Morgan fingerprint density at radius 1 is 0.972 bits per heavy atom. The van der Waals surface area contributed by atoms with Crippen molar-refractivity contribution in [2.45, 2.75) is 40.0 Å². The zero-order valence-electron chi connectivity index (χ0n) is 20.8. The number of nitrogens with zero attached hydrogens (tertiary/aromatic N) is 4. The lowest BCUT2D eigenvalue weighted by Gasteiger charge is -2.15. The molecule has 0 aliphatic rings. The van der Waals surface area contributed by atoms with Crippen LogP contribution in [0.15, 0.2) is 58.1 Å². The molecule has 188 valence electrons. The fraction of sp³-hybridized carbons (Fsp3) is 0.308. The number of aromatic nitrogens is 4. The molecule has 4 rings (SSSR count). The molecule has 0 aliphatic heterocycles. The predicted molar refractivity (Wildman–Crippen MR) is 136 cm³/mol. The molecule has 0 radical (unpaired) electrons. The van der Waals surface area contributed by atoms with Gasteiger partial charge in [0.2, 0.25) is 5.91 Å². The van der Waals surface area contributed by atoms with Crippen molar-refractivity contribution in [2.24, 2.45) is 0 Å². The number of fused-ring (bicyclic) bond motifs is 1. The highest BCUT2D eigenvalue weighted by Gasteiger charge is 2.22. The second-order valence-corrected chi connectivity index (χ2v) is 8.27. The minimum Gasteiger partial charge on any atom is -0.493 e. The summed E-state index contributed by atoms with van der Waals surface area (Å²) in [5.74, 6) is 0.686. The maximum atomic E-state index is 13.5. The topological polar surface area (TPSA) is 109 Å². The van der Waals surface area contributed by atoms with E-state index in [4.69, 9.17) is 9.47 Å². The molecule has 0 saturated carbocycles. The van der Waals surface area contributed by atoms with E-state index in [1.807, 2.05) is 43.3 Å².